The number of methoxy groups -OCH3 is 2. The number of halogens is 1. The van der Waals surface area contributed by atoms with E-state index in [2.05, 4.69) is 12.6 Å². The summed E-state index contributed by atoms with van der Waals surface area (Å²) in [5.74, 6) is -1.77. The van der Waals surface area contributed by atoms with Gasteiger partial charge in [0.15, 0.2) is 17.3 Å². The van der Waals surface area contributed by atoms with Crippen molar-refractivity contribution in [3.63, 3.8) is 0 Å². The lowest BCUT2D eigenvalue weighted by Crippen LogP contribution is -1.98. The summed E-state index contributed by atoms with van der Waals surface area (Å²) in [6, 6.07) is 2.87. The average Bonchev–Trinajstić information content (AvgIpc) is 2.31. The molecule has 0 aliphatic carbocycles. The Morgan fingerprint density at radius 2 is 2.06 bits per heavy atom. The molecule has 17 heavy (non-hydrogen) atoms. The van der Waals surface area contributed by atoms with E-state index in [-0.39, 0.29) is 22.0 Å². The smallest absolute Gasteiger partial charge is 0.341 e. The normalized spacial score (nSPS) is 11.2. The molecule has 0 amide bonds. The van der Waals surface area contributed by atoms with E-state index >= 15 is 0 Å². The molecule has 0 unspecified atom stereocenters. The van der Waals surface area contributed by atoms with Gasteiger partial charge in [0.05, 0.1) is 19.1 Å². The van der Waals surface area contributed by atoms with Gasteiger partial charge in [0.1, 0.15) is 0 Å². The summed E-state index contributed by atoms with van der Waals surface area (Å²) >= 11 is 3.72. The number of ether oxygens (including phenoxy) is 2. The molecule has 1 aromatic rings. The van der Waals surface area contributed by atoms with Crippen molar-refractivity contribution in [2.24, 2.45) is 0 Å². The zero-order valence-electron chi connectivity index (χ0n) is 9.23. The summed E-state index contributed by atoms with van der Waals surface area (Å²) in [5.41, 5.74) is 0.0649. The van der Waals surface area contributed by atoms with Crippen LogP contribution in [0.4, 0.5) is 4.39 Å². The molecule has 0 aromatic heterocycles. The molecule has 0 saturated heterocycles. The van der Waals surface area contributed by atoms with Crippen LogP contribution in [0.25, 0.3) is 6.08 Å². The van der Waals surface area contributed by atoms with Crippen molar-refractivity contribution >= 4 is 24.7 Å². The molecular weight excluding hydrogens is 247 g/mol. The molecule has 0 saturated carbocycles. The quantitative estimate of drug-likeness (QED) is 0.642. The number of hydrogen-bond donors (Lipinski definition) is 2. The topological polar surface area (TPSA) is 55.8 Å². The Labute approximate surface area is 103 Å². The minimum absolute atomic E-state index is 0.0649. The van der Waals surface area contributed by atoms with Gasteiger partial charge in [0.25, 0.3) is 0 Å². The highest BCUT2D eigenvalue weighted by Crippen LogP contribution is 2.32. The fourth-order valence-corrected chi connectivity index (χ4v) is 1.36. The standard InChI is InChI=1S/C11H11FO4S/c1-15-7-4-3-6(5-8(17)11(13)14)9(12)10(7)16-2/h3-5,17H,1-2H3,(H,13,14)/b8-5-. The van der Waals surface area contributed by atoms with E-state index in [1.165, 1.54) is 26.4 Å². The van der Waals surface area contributed by atoms with Crippen LogP contribution in [0.3, 0.4) is 0 Å². The van der Waals surface area contributed by atoms with Crippen molar-refractivity contribution in [2.75, 3.05) is 14.2 Å². The molecule has 92 valence electrons. The van der Waals surface area contributed by atoms with Gasteiger partial charge in [-0.3, -0.25) is 0 Å². The first-order valence-corrected chi connectivity index (χ1v) is 5.00. The molecule has 1 N–H and O–H groups in total. The molecule has 1 rings (SSSR count). The summed E-state index contributed by atoms with van der Waals surface area (Å²) in [7, 11) is 2.68. The largest absolute Gasteiger partial charge is 0.493 e. The monoisotopic (exact) mass is 258 g/mol. The highest BCUT2D eigenvalue weighted by atomic mass is 32.1. The SMILES string of the molecule is COc1ccc(/C=C(\S)C(=O)O)c(F)c1OC. The first kappa shape index (κ1) is 13.4. The highest BCUT2D eigenvalue weighted by Gasteiger charge is 2.14. The van der Waals surface area contributed by atoms with Gasteiger partial charge in [-0.05, 0) is 18.2 Å². The number of carboxylic acids is 1. The zero-order valence-corrected chi connectivity index (χ0v) is 10.1. The Morgan fingerprint density at radius 3 is 2.53 bits per heavy atom. The van der Waals surface area contributed by atoms with Crippen LogP contribution in [0.1, 0.15) is 5.56 Å². The molecule has 0 atom stereocenters. The van der Waals surface area contributed by atoms with E-state index in [4.69, 9.17) is 14.6 Å². The maximum absolute atomic E-state index is 13.9. The second-order valence-electron chi connectivity index (χ2n) is 3.04. The Bertz CT molecular complexity index is 471. The molecule has 6 heteroatoms. The molecule has 0 aliphatic rings. The van der Waals surface area contributed by atoms with Gasteiger partial charge in [-0.25, -0.2) is 9.18 Å². The average molecular weight is 258 g/mol. The van der Waals surface area contributed by atoms with E-state index in [0.29, 0.717) is 0 Å². The molecule has 1 aromatic carbocycles. The number of rotatable bonds is 4. The van der Waals surface area contributed by atoms with Crippen molar-refractivity contribution in [3.8, 4) is 11.5 Å². The van der Waals surface area contributed by atoms with Crippen LogP contribution in [0.2, 0.25) is 0 Å². The summed E-state index contributed by atoms with van der Waals surface area (Å²) in [6.07, 6.45) is 1.10. The first-order valence-electron chi connectivity index (χ1n) is 4.55. The Kier molecular flexibility index (Phi) is 4.39. The fourth-order valence-electron chi connectivity index (χ4n) is 1.23. The third-order valence-corrected chi connectivity index (χ3v) is 2.35. The molecular formula is C11H11FO4S. The minimum Gasteiger partial charge on any atom is -0.493 e. The number of carboxylic acid groups (broad SMARTS) is 1. The van der Waals surface area contributed by atoms with Crippen molar-refractivity contribution in [1.29, 1.82) is 0 Å². The van der Waals surface area contributed by atoms with Crippen LogP contribution in [-0.2, 0) is 4.79 Å². The van der Waals surface area contributed by atoms with Crippen LogP contribution in [0.5, 0.6) is 11.5 Å². The van der Waals surface area contributed by atoms with E-state index in [1.807, 2.05) is 0 Å². The zero-order chi connectivity index (χ0) is 13.0. The first-order chi connectivity index (χ1) is 8.01. The van der Waals surface area contributed by atoms with E-state index < -0.39 is 11.8 Å². The summed E-state index contributed by atoms with van der Waals surface area (Å²) in [6.45, 7) is 0. The lowest BCUT2D eigenvalue weighted by Gasteiger charge is -2.09. The molecule has 0 fully saturated rings. The number of carbonyl (C=O) groups is 1. The Morgan fingerprint density at radius 1 is 1.41 bits per heavy atom. The third kappa shape index (κ3) is 2.91. The van der Waals surface area contributed by atoms with Gasteiger partial charge in [-0.15, -0.1) is 12.6 Å². The lowest BCUT2D eigenvalue weighted by molar-refractivity contribution is -0.131. The van der Waals surface area contributed by atoms with Gasteiger partial charge in [-0.2, -0.15) is 0 Å². The van der Waals surface area contributed by atoms with E-state index in [9.17, 15) is 9.18 Å². The fraction of sp³-hybridized carbons (Fsp3) is 0.182. The predicted molar refractivity (Wildman–Crippen MR) is 64.1 cm³/mol. The second kappa shape index (κ2) is 5.58. The van der Waals surface area contributed by atoms with Crippen molar-refractivity contribution in [1.82, 2.24) is 0 Å². The van der Waals surface area contributed by atoms with Gasteiger partial charge in [0.2, 0.25) is 0 Å². The van der Waals surface area contributed by atoms with Crippen molar-refractivity contribution in [2.45, 2.75) is 0 Å². The van der Waals surface area contributed by atoms with Crippen LogP contribution >= 0.6 is 12.6 Å². The van der Waals surface area contributed by atoms with Crippen LogP contribution in [-0.4, -0.2) is 25.3 Å². The minimum atomic E-state index is -1.23. The van der Waals surface area contributed by atoms with E-state index in [0.717, 1.165) is 6.08 Å². The van der Waals surface area contributed by atoms with Crippen molar-refractivity contribution in [3.05, 3.63) is 28.4 Å². The number of benzene rings is 1. The predicted octanol–water partition coefficient (Wildman–Crippen LogP) is 2.20. The number of aliphatic carboxylic acids is 1. The number of hydrogen-bond acceptors (Lipinski definition) is 4. The van der Waals surface area contributed by atoms with Gasteiger partial charge in [0, 0.05) is 5.56 Å². The molecule has 0 heterocycles. The summed E-state index contributed by atoms with van der Waals surface area (Å²) < 4.78 is 23.6. The molecule has 0 spiro atoms. The second-order valence-corrected chi connectivity index (χ2v) is 3.52. The molecule has 0 bridgehead atoms. The molecule has 0 radical (unpaired) electrons. The lowest BCUT2D eigenvalue weighted by atomic mass is 10.1. The Balaban J connectivity index is 3.29. The van der Waals surface area contributed by atoms with Gasteiger partial charge < -0.3 is 14.6 Å². The molecule has 4 nitrogen and oxygen atoms in total. The van der Waals surface area contributed by atoms with E-state index in [1.54, 1.807) is 0 Å². The van der Waals surface area contributed by atoms with Crippen molar-refractivity contribution < 1.29 is 23.8 Å². The number of thiol groups is 1. The highest BCUT2D eigenvalue weighted by molar-refractivity contribution is 7.85. The third-order valence-electron chi connectivity index (χ3n) is 2.03. The maximum Gasteiger partial charge on any atom is 0.341 e. The molecule has 0 aliphatic heterocycles. The van der Waals surface area contributed by atoms with Gasteiger partial charge in [-0.1, -0.05) is 0 Å². The van der Waals surface area contributed by atoms with Crippen LogP contribution in [0, 0.1) is 5.82 Å². The van der Waals surface area contributed by atoms with Crippen LogP contribution in [0.15, 0.2) is 17.0 Å². The maximum atomic E-state index is 13.9. The van der Waals surface area contributed by atoms with Crippen LogP contribution < -0.4 is 9.47 Å². The summed E-state index contributed by atoms with van der Waals surface area (Å²) in [5, 5.41) is 8.64. The summed E-state index contributed by atoms with van der Waals surface area (Å²) in [4.78, 5) is 10.3. The Hall–Kier alpha value is -1.69. The van der Waals surface area contributed by atoms with Gasteiger partial charge >= 0.3 is 5.97 Å².